The van der Waals surface area contributed by atoms with Crippen molar-refractivity contribution in [1.82, 2.24) is 10.6 Å². The molecular formula is C14H15FN2O6. The van der Waals surface area contributed by atoms with Crippen LogP contribution in [0.3, 0.4) is 0 Å². The maximum Gasteiger partial charge on any atom is 0.413 e. The summed E-state index contributed by atoms with van der Waals surface area (Å²) in [6, 6.07) is 4.90. The molecule has 0 fully saturated rings. The van der Waals surface area contributed by atoms with Crippen LogP contribution in [0.1, 0.15) is 17.3 Å². The first-order valence-corrected chi connectivity index (χ1v) is 6.58. The number of imide groups is 1. The van der Waals surface area contributed by atoms with Crippen LogP contribution < -0.4 is 10.6 Å². The van der Waals surface area contributed by atoms with E-state index in [0.717, 1.165) is 6.07 Å². The summed E-state index contributed by atoms with van der Waals surface area (Å²) in [6.45, 7) is 0.436. The molecule has 23 heavy (non-hydrogen) atoms. The first-order valence-electron chi connectivity index (χ1n) is 6.58. The van der Waals surface area contributed by atoms with Gasteiger partial charge in [-0.1, -0.05) is 6.07 Å². The zero-order chi connectivity index (χ0) is 17.2. The number of hydrogen-bond acceptors (Lipinski definition) is 6. The number of benzene rings is 1. The van der Waals surface area contributed by atoms with Crippen molar-refractivity contribution >= 4 is 23.9 Å². The minimum atomic E-state index is -0.951. The average molecular weight is 326 g/mol. The monoisotopic (exact) mass is 326 g/mol. The standard InChI is InChI=1S/C14H15FN2O6/c1-2-22-14(21)17-11(18)8-23-12(19)7-16-13(20)9-4-3-5-10(15)6-9/h3-6H,2,7-8H2,1H3,(H,16,20)(H,17,18,21). The molecule has 0 heterocycles. The lowest BCUT2D eigenvalue weighted by molar-refractivity contribution is -0.147. The van der Waals surface area contributed by atoms with Crippen molar-refractivity contribution in [3.8, 4) is 0 Å². The molecule has 0 aliphatic heterocycles. The second-order valence-electron chi connectivity index (χ2n) is 4.12. The van der Waals surface area contributed by atoms with Crippen LogP contribution in [0.25, 0.3) is 0 Å². The van der Waals surface area contributed by atoms with E-state index in [0.29, 0.717) is 0 Å². The zero-order valence-electron chi connectivity index (χ0n) is 12.3. The smallest absolute Gasteiger partial charge is 0.413 e. The predicted molar refractivity (Wildman–Crippen MR) is 74.9 cm³/mol. The van der Waals surface area contributed by atoms with Crippen molar-refractivity contribution in [2.45, 2.75) is 6.92 Å². The van der Waals surface area contributed by atoms with Gasteiger partial charge in [-0.05, 0) is 25.1 Å². The lowest BCUT2D eigenvalue weighted by atomic mass is 10.2. The molecule has 0 spiro atoms. The van der Waals surface area contributed by atoms with Crippen molar-refractivity contribution in [1.29, 1.82) is 0 Å². The second kappa shape index (κ2) is 9.13. The molecule has 0 unspecified atom stereocenters. The average Bonchev–Trinajstić information content (AvgIpc) is 2.50. The van der Waals surface area contributed by atoms with Gasteiger partial charge in [0, 0.05) is 5.56 Å². The number of alkyl carbamates (subject to hydrolysis) is 1. The number of carbonyl (C=O) groups excluding carboxylic acids is 4. The van der Waals surface area contributed by atoms with Gasteiger partial charge in [0.25, 0.3) is 11.8 Å². The van der Waals surface area contributed by atoms with E-state index in [1.54, 1.807) is 6.92 Å². The fourth-order valence-electron chi connectivity index (χ4n) is 1.40. The SMILES string of the molecule is CCOC(=O)NC(=O)COC(=O)CNC(=O)c1cccc(F)c1. The molecule has 0 aliphatic carbocycles. The molecule has 8 nitrogen and oxygen atoms in total. The van der Waals surface area contributed by atoms with Crippen LogP contribution in [0.5, 0.6) is 0 Å². The number of ether oxygens (including phenoxy) is 2. The molecule has 0 aliphatic rings. The van der Waals surface area contributed by atoms with Gasteiger partial charge < -0.3 is 14.8 Å². The van der Waals surface area contributed by atoms with Gasteiger partial charge in [-0.15, -0.1) is 0 Å². The predicted octanol–water partition coefficient (Wildman–Crippen LogP) is 0.371. The molecule has 0 atom stereocenters. The molecule has 2 N–H and O–H groups in total. The molecule has 1 rings (SSSR count). The van der Waals surface area contributed by atoms with Crippen LogP contribution in [0.15, 0.2) is 24.3 Å². The van der Waals surface area contributed by atoms with E-state index in [2.05, 4.69) is 14.8 Å². The number of nitrogens with one attached hydrogen (secondary N) is 2. The number of hydrogen-bond donors (Lipinski definition) is 2. The number of esters is 1. The molecule has 0 saturated carbocycles. The summed E-state index contributed by atoms with van der Waals surface area (Å²) in [5.74, 6) is -3.02. The number of rotatable bonds is 6. The topological polar surface area (TPSA) is 111 Å². The summed E-state index contributed by atoms with van der Waals surface area (Å²) in [6.07, 6.45) is -0.951. The molecule has 3 amide bonds. The zero-order valence-corrected chi connectivity index (χ0v) is 12.3. The third kappa shape index (κ3) is 7.02. The van der Waals surface area contributed by atoms with Gasteiger partial charge in [-0.3, -0.25) is 19.7 Å². The van der Waals surface area contributed by atoms with Crippen LogP contribution in [0, 0.1) is 5.82 Å². The Hall–Kier alpha value is -2.97. The summed E-state index contributed by atoms with van der Waals surface area (Å²) in [4.78, 5) is 45.1. The number of halogens is 1. The Kier molecular flexibility index (Phi) is 7.18. The highest BCUT2D eigenvalue weighted by Crippen LogP contribution is 2.02. The molecule has 124 valence electrons. The Bertz CT molecular complexity index is 605. The molecule has 1 aromatic rings. The lowest BCUT2D eigenvalue weighted by Gasteiger charge is -2.07. The summed E-state index contributed by atoms with van der Waals surface area (Å²) >= 11 is 0. The van der Waals surface area contributed by atoms with E-state index in [4.69, 9.17) is 0 Å². The van der Waals surface area contributed by atoms with Crippen LogP contribution in [-0.2, 0) is 19.1 Å². The van der Waals surface area contributed by atoms with Crippen LogP contribution in [0.2, 0.25) is 0 Å². The van der Waals surface area contributed by atoms with Crippen molar-refractivity contribution in [2.75, 3.05) is 19.8 Å². The Balaban J connectivity index is 2.30. The Morgan fingerprint density at radius 3 is 2.57 bits per heavy atom. The van der Waals surface area contributed by atoms with Crippen LogP contribution in [-0.4, -0.2) is 43.6 Å². The van der Waals surface area contributed by atoms with Crippen LogP contribution >= 0.6 is 0 Å². The van der Waals surface area contributed by atoms with Crippen molar-refractivity contribution in [3.05, 3.63) is 35.6 Å². The Morgan fingerprint density at radius 1 is 1.17 bits per heavy atom. The van der Waals surface area contributed by atoms with Gasteiger partial charge in [-0.2, -0.15) is 0 Å². The highest BCUT2D eigenvalue weighted by atomic mass is 19.1. The summed E-state index contributed by atoms with van der Waals surface area (Å²) in [5, 5.41) is 4.03. The lowest BCUT2D eigenvalue weighted by Crippen LogP contribution is -2.36. The molecule has 9 heteroatoms. The van der Waals surface area contributed by atoms with Crippen molar-refractivity contribution in [3.63, 3.8) is 0 Å². The summed E-state index contributed by atoms with van der Waals surface area (Å²) in [5.41, 5.74) is 0.0397. The number of carbonyl (C=O) groups is 4. The molecule has 0 radical (unpaired) electrons. The normalized spacial score (nSPS) is 9.65. The van der Waals surface area contributed by atoms with Gasteiger partial charge in [0.15, 0.2) is 6.61 Å². The van der Waals surface area contributed by atoms with Gasteiger partial charge in [-0.25, -0.2) is 9.18 Å². The van der Waals surface area contributed by atoms with E-state index >= 15 is 0 Å². The minimum Gasteiger partial charge on any atom is -0.454 e. The van der Waals surface area contributed by atoms with Crippen molar-refractivity contribution < 1.29 is 33.0 Å². The third-order valence-corrected chi connectivity index (χ3v) is 2.36. The van der Waals surface area contributed by atoms with Gasteiger partial charge in [0.2, 0.25) is 0 Å². The van der Waals surface area contributed by atoms with E-state index in [9.17, 15) is 23.6 Å². The van der Waals surface area contributed by atoms with E-state index in [1.165, 1.54) is 18.2 Å². The summed E-state index contributed by atoms with van der Waals surface area (Å²) in [7, 11) is 0. The molecule has 0 saturated heterocycles. The largest absolute Gasteiger partial charge is 0.454 e. The first kappa shape index (κ1) is 18.1. The third-order valence-electron chi connectivity index (χ3n) is 2.36. The molecule has 0 aromatic heterocycles. The summed E-state index contributed by atoms with van der Waals surface area (Å²) < 4.78 is 21.9. The molecular weight excluding hydrogens is 311 g/mol. The molecule has 0 bridgehead atoms. The first-order chi connectivity index (χ1) is 10.9. The van der Waals surface area contributed by atoms with E-state index < -0.39 is 42.8 Å². The fraction of sp³-hybridized carbons (Fsp3) is 0.286. The molecule has 1 aromatic carbocycles. The van der Waals surface area contributed by atoms with E-state index in [-0.39, 0.29) is 12.2 Å². The Morgan fingerprint density at radius 2 is 1.91 bits per heavy atom. The highest BCUT2D eigenvalue weighted by Gasteiger charge is 2.13. The van der Waals surface area contributed by atoms with E-state index in [1.807, 2.05) is 5.32 Å². The Labute approximate surface area is 130 Å². The van der Waals surface area contributed by atoms with Crippen LogP contribution in [0.4, 0.5) is 9.18 Å². The number of amides is 3. The van der Waals surface area contributed by atoms with Gasteiger partial charge >= 0.3 is 12.1 Å². The van der Waals surface area contributed by atoms with Crippen molar-refractivity contribution in [2.24, 2.45) is 0 Å². The highest BCUT2D eigenvalue weighted by molar-refractivity contribution is 5.96. The fourth-order valence-corrected chi connectivity index (χ4v) is 1.40. The maximum absolute atomic E-state index is 12.9. The van der Waals surface area contributed by atoms with Gasteiger partial charge in [0.05, 0.1) is 6.61 Å². The maximum atomic E-state index is 12.9. The van der Waals surface area contributed by atoms with Gasteiger partial charge in [0.1, 0.15) is 12.4 Å². The second-order valence-corrected chi connectivity index (χ2v) is 4.12. The minimum absolute atomic E-state index is 0.0397. The quantitative estimate of drug-likeness (QED) is 0.731.